The number of para-hydroxylation sites is 2. The van der Waals surface area contributed by atoms with Crippen LogP contribution in [0.25, 0.3) is 82.3 Å². The minimum Gasteiger partial charge on any atom is -0.309 e. The molecule has 0 amide bonds. The minimum absolute atomic E-state index is 0.941. The van der Waals surface area contributed by atoms with Gasteiger partial charge in [0.05, 0.1) is 22.1 Å². The Morgan fingerprint density at radius 3 is 1.65 bits per heavy atom. The van der Waals surface area contributed by atoms with E-state index in [-0.39, 0.29) is 0 Å². The van der Waals surface area contributed by atoms with Gasteiger partial charge in [-0.3, -0.25) is 9.97 Å². The molecule has 0 atom stereocenters. The summed E-state index contributed by atoms with van der Waals surface area (Å²) in [5.41, 5.74) is 10.3. The van der Waals surface area contributed by atoms with Gasteiger partial charge in [-0.2, -0.15) is 0 Å². The molecule has 0 N–H and O–H groups in total. The van der Waals surface area contributed by atoms with Crippen molar-refractivity contribution in [3.05, 3.63) is 152 Å². The van der Waals surface area contributed by atoms with Crippen LogP contribution >= 0.6 is 0 Å². The van der Waals surface area contributed by atoms with Gasteiger partial charge in [0, 0.05) is 39.6 Å². The number of rotatable bonds is 3. The normalized spacial score (nSPS) is 11.7. The second kappa shape index (κ2) is 9.37. The van der Waals surface area contributed by atoms with Gasteiger partial charge in [-0.05, 0) is 69.4 Å². The molecule has 0 unspecified atom stereocenters. The van der Waals surface area contributed by atoms with Crippen molar-refractivity contribution in [2.45, 2.75) is 0 Å². The van der Waals surface area contributed by atoms with Gasteiger partial charge >= 0.3 is 0 Å². The summed E-state index contributed by atoms with van der Waals surface area (Å²) in [6, 6.07) is 50.2. The molecule has 0 aliphatic carbocycles. The topological polar surface area (TPSA) is 30.7 Å². The molecule has 0 radical (unpaired) electrons. The van der Waals surface area contributed by atoms with Crippen molar-refractivity contribution in [1.82, 2.24) is 14.5 Å². The second-order valence-electron chi connectivity index (χ2n) is 11.0. The number of nitrogens with zero attached hydrogens (tertiary/aromatic N) is 3. The Morgan fingerprint density at radius 2 is 0.907 bits per heavy atom. The van der Waals surface area contributed by atoms with Gasteiger partial charge in [0.1, 0.15) is 0 Å². The van der Waals surface area contributed by atoms with Crippen LogP contribution in [0.1, 0.15) is 0 Å². The van der Waals surface area contributed by atoms with E-state index in [1.807, 2.05) is 0 Å². The van der Waals surface area contributed by atoms with Gasteiger partial charge in [-0.25, -0.2) is 0 Å². The summed E-state index contributed by atoms with van der Waals surface area (Å²) in [5, 5.41) is 7.14. The van der Waals surface area contributed by atoms with E-state index in [2.05, 4.69) is 144 Å². The van der Waals surface area contributed by atoms with Crippen molar-refractivity contribution >= 4 is 54.4 Å². The van der Waals surface area contributed by atoms with Crippen LogP contribution in [0.2, 0.25) is 0 Å². The number of benzene rings is 7. The highest BCUT2D eigenvalue weighted by Gasteiger charge is 2.16. The van der Waals surface area contributed by atoms with Gasteiger partial charge < -0.3 is 4.57 Å². The summed E-state index contributed by atoms with van der Waals surface area (Å²) in [6.45, 7) is 0. The fourth-order valence-electron chi connectivity index (χ4n) is 6.78. The third-order valence-corrected chi connectivity index (χ3v) is 8.68. The molecule has 0 aliphatic heterocycles. The monoisotopic (exact) mass is 547 g/mol. The van der Waals surface area contributed by atoms with Crippen LogP contribution < -0.4 is 0 Å². The summed E-state index contributed by atoms with van der Waals surface area (Å²) in [7, 11) is 0. The number of fused-ring (bicyclic) bond motifs is 9. The van der Waals surface area contributed by atoms with E-state index >= 15 is 0 Å². The average molecular weight is 548 g/mol. The fourth-order valence-corrected chi connectivity index (χ4v) is 6.78. The summed E-state index contributed by atoms with van der Waals surface area (Å²) < 4.78 is 2.36. The van der Waals surface area contributed by atoms with Crippen LogP contribution in [-0.2, 0) is 0 Å². The third kappa shape index (κ3) is 3.62. The van der Waals surface area contributed by atoms with E-state index in [9.17, 15) is 0 Å². The van der Waals surface area contributed by atoms with Crippen molar-refractivity contribution in [2.24, 2.45) is 0 Å². The van der Waals surface area contributed by atoms with Crippen molar-refractivity contribution in [2.75, 3.05) is 0 Å². The first-order valence-electron chi connectivity index (χ1n) is 14.6. The van der Waals surface area contributed by atoms with Crippen molar-refractivity contribution < 1.29 is 0 Å². The Kier molecular flexibility index (Phi) is 5.20. The van der Waals surface area contributed by atoms with Crippen molar-refractivity contribution in [3.63, 3.8) is 0 Å². The van der Waals surface area contributed by atoms with E-state index in [1.54, 1.807) is 12.4 Å². The Morgan fingerprint density at radius 1 is 0.372 bits per heavy atom. The fraction of sp³-hybridized carbons (Fsp3) is 0. The first-order valence-corrected chi connectivity index (χ1v) is 14.6. The lowest BCUT2D eigenvalue weighted by Crippen LogP contribution is -1.93. The van der Waals surface area contributed by atoms with Gasteiger partial charge in [0.25, 0.3) is 0 Å². The average Bonchev–Trinajstić information content (AvgIpc) is 3.42. The zero-order valence-corrected chi connectivity index (χ0v) is 23.3. The van der Waals surface area contributed by atoms with E-state index in [0.717, 1.165) is 21.8 Å². The molecule has 9 rings (SSSR count). The van der Waals surface area contributed by atoms with Crippen molar-refractivity contribution in [1.29, 1.82) is 0 Å². The molecule has 43 heavy (non-hydrogen) atoms. The van der Waals surface area contributed by atoms with Gasteiger partial charge in [-0.1, -0.05) is 103 Å². The summed E-state index contributed by atoms with van der Waals surface area (Å²) in [4.78, 5) is 9.44. The van der Waals surface area contributed by atoms with E-state index in [1.165, 1.54) is 60.5 Å². The molecule has 0 saturated heterocycles. The molecule has 0 fully saturated rings. The Labute approximate surface area is 248 Å². The van der Waals surface area contributed by atoms with E-state index in [4.69, 9.17) is 9.97 Å². The highest BCUT2D eigenvalue weighted by molar-refractivity contribution is 6.23. The molecular weight excluding hydrogens is 522 g/mol. The van der Waals surface area contributed by atoms with Crippen LogP contribution in [0.3, 0.4) is 0 Å². The molecule has 7 aromatic carbocycles. The molecule has 9 aromatic rings. The quantitative estimate of drug-likeness (QED) is 0.206. The zero-order chi connectivity index (χ0) is 28.3. The lowest BCUT2D eigenvalue weighted by molar-refractivity contribution is 1.18. The maximum absolute atomic E-state index is 4.74. The molecule has 0 aliphatic rings. The number of hydrogen-bond donors (Lipinski definition) is 0. The number of aromatic nitrogens is 3. The van der Waals surface area contributed by atoms with Crippen LogP contribution in [-0.4, -0.2) is 14.5 Å². The molecule has 0 bridgehead atoms. The van der Waals surface area contributed by atoms with Gasteiger partial charge in [0.2, 0.25) is 0 Å². The molecule has 0 saturated carbocycles. The smallest absolute Gasteiger partial charge is 0.0971 e. The van der Waals surface area contributed by atoms with E-state index < -0.39 is 0 Å². The molecule has 0 spiro atoms. The molecule has 200 valence electrons. The second-order valence-corrected chi connectivity index (χ2v) is 11.0. The largest absolute Gasteiger partial charge is 0.309 e. The van der Waals surface area contributed by atoms with Crippen LogP contribution in [0.15, 0.2) is 152 Å². The molecular formula is C40H25N3. The van der Waals surface area contributed by atoms with Gasteiger partial charge in [0.15, 0.2) is 0 Å². The first-order chi connectivity index (χ1) is 21.3. The minimum atomic E-state index is 0.941. The summed E-state index contributed by atoms with van der Waals surface area (Å²) >= 11 is 0. The summed E-state index contributed by atoms with van der Waals surface area (Å²) in [5.74, 6) is 0. The third-order valence-electron chi connectivity index (χ3n) is 8.68. The highest BCUT2D eigenvalue weighted by Crippen LogP contribution is 2.40. The zero-order valence-electron chi connectivity index (χ0n) is 23.3. The Balaban J connectivity index is 1.27. The molecule has 2 aromatic heterocycles. The van der Waals surface area contributed by atoms with Crippen LogP contribution in [0.5, 0.6) is 0 Å². The standard InChI is InChI=1S/C40H25N3/c1-2-10-28(11-3-1)43-37-17-9-8-15-32(37)36-25-27(19-21-38(36)43)30-13-5-4-12-29(30)26-18-20-34-35(24-26)31-14-6-7-16-33(31)39-40(34)42-23-22-41-39/h1-25H. The van der Waals surface area contributed by atoms with Gasteiger partial charge in [-0.15, -0.1) is 0 Å². The summed E-state index contributed by atoms with van der Waals surface area (Å²) in [6.07, 6.45) is 3.56. The highest BCUT2D eigenvalue weighted by atomic mass is 15.0. The Bertz CT molecular complexity index is 2470. The number of hydrogen-bond acceptors (Lipinski definition) is 2. The van der Waals surface area contributed by atoms with Crippen molar-refractivity contribution in [3.8, 4) is 27.9 Å². The molecule has 3 nitrogen and oxygen atoms in total. The Hall–Kier alpha value is -5.80. The lowest BCUT2D eigenvalue weighted by atomic mass is 9.91. The van der Waals surface area contributed by atoms with Crippen LogP contribution in [0.4, 0.5) is 0 Å². The predicted molar refractivity (Wildman–Crippen MR) is 180 cm³/mol. The predicted octanol–water partition coefficient (Wildman–Crippen LogP) is 10.4. The first kappa shape index (κ1) is 23.9. The molecule has 3 heteroatoms. The van der Waals surface area contributed by atoms with Crippen LogP contribution in [0, 0.1) is 0 Å². The SMILES string of the molecule is c1ccc(-n2c3ccccc3c3cc(-c4ccccc4-c4ccc5c(c4)c4ccccc4c4nccnc54)ccc32)cc1. The maximum Gasteiger partial charge on any atom is 0.0971 e. The lowest BCUT2D eigenvalue weighted by Gasteiger charge is -2.14. The van der Waals surface area contributed by atoms with E-state index in [0.29, 0.717) is 0 Å². The maximum atomic E-state index is 4.74. The molecule has 2 heterocycles.